The highest BCUT2D eigenvalue weighted by molar-refractivity contribution is 5.58. The first-order valence-electron chi connectivity index (χ1n) is 4.85. The molecule has 1 heteroatoms. The van der Waals surface area contributed by atoms with Gasteiger partial charge in [-0.3, -0.25) is 4.79 Å². The first kappa shape index (κ1) is 10.7. The van der Waals surface area contributed by atoms with Gasteiger partial charge in [0.2, 0.25) is 6.29 Å². The SMILES string of the molecule is CC(C)c1ccc(C=CC[C]=O)cc1. The Hall–Kier alpha value is -1.37. The Kier molecular flexibility index (Phi) is 4.11. The molecule has 0 amide bonds. The van der Waals surface area contributed by atoms with Gasteiger partial charge in [0.25, 0.3) is 0 Å². The van der Waals surface area contributed by atoms with Gasteiger partial charge >= 0.3 is 0 Å². The molecule has 0 aromatic heterocycles. The maximum atomic E-state index is 9.96. The Morgan fingerprint density at radius 2 is 1.93 bits per heavy atom. The first-order valence-corrected chi connectivity index (χ1v) is 4.85. The number of hydrogen-bond acceptors (Lipinski definition) is 1. The predicted octanol–water partition coefficient (Wildman–Crippen LogP) is 3.32. The van der Waals surface area contributed by atoms with Gasteiger partial charge < -0.3 is 0 Å². The van der Waals surface area contributed by atoms with E-state index in [-0.39, 0.29) is 0 Å². The average Bonchev–Trinajstić information content (AvgIpc) is 2.19. The molecule has 1 aromatic rings. The molecule has 0 heterocycles. The summed E-state index contributed by atoms with van der Waals surface area (Å²) < 4.78 is 0. The average molecular weight is 187 g/mol. The lowest BCUT2D eigenvalue weighted by Crippen LogP contribution is -1.85. The van der Waals surface area contributed by atoms with Crippen LogP contribution in [-0.4, -0.2) is 6.29 Å². The topological polar surface area (TPSA) is 17.1 Å². The fourth-order valence-corrected chi connectivity index (χ4v) is 1.24. The highest BCUT2D eigenvalue weighted by Crippen LogP contribution is 2.15. The van der Waals surface area contributed by atoms with Crippen LogP contribution in [0.5, 0.6) is 0 Å². The first-order chi connectivity index (χ1) is 6.74. The standard InChI is InChI=1S/C13H15O/c1-11(2)13-8-6-12(7-9-13)5-3-4-10-14/h3,5-9,11H,4H2,1-2H3. The summed E-state index contributed by atoms with van der Waals surface area (Å²) >= 11 is 0. The second kappa shape index (κ2) is 5.38. The van der Waals surface area contributed by atoms with E-state index < -0.39 is 0 Å². The van der Waals surface area contributed by atoms with Gasteiger partial charge in [0.15, 0.2) is 0 Å². The lowest BCUT2D eigenvalue weighted by molar-refractivity contribution is 0.556. The molecule has 1 nitrogen and oxygen atoms in total. The van der Waals surface area contributed by atoms with Gasteiger partial charge in [0.05, 0.1) is 0 Å². The van der Waals surface area contributed by atoms with E-state index in [1.807, 2.05) is 18.4 Å². The van der Waals surface area contributed by atoms with E-state index in [0.29, 0.717) is 12.3 Å². The number of allylic oxidation sites excluding steroid dienone is 1. The zero-order valence-electron chi connectivity index (χ0n) is 8.66. The summed E-state index contributed by atoms with van der Waals surface area (Å²) in [4.78, 5) is 9.96. The molecule has 0 aliphatic carbocycles. The Labute approximate surface area is 85.5 Å². The van der Waals surface area contributed by atoms with Crippen molar-refractivity contribution in [1.29, 1.82) is 0 Å². The van der Waals surface area contributed by atoms with Gasteiger partial charge in [0.1, 0.15) is 0 Å². The molecule has 0 N–H and O–H groups in total. The molecule has 0 aliphatic rings. The lowest BCUT2D eigenvalue weighted by Gasteiger charge is -2.04. The normalized spacial score (nSPS) is 11.1. The quantitative estimate of drug-likeness (QED) is 0.706. The molecule has 0 saturated carbocycles. The summed E-state index contributed by atoms with van der Waals surface area (Å²) in [6.45, 7) is 4.35. The molecular formula is C13H15O. The molecular weight excluding hydrogens is 172 g/mol. The highest BCUT2D eigenvalue weighted by atomic mass is 16.1. The van der Waals surface area contributed by atoms with Crippen LogP contribution in [-0.2, 0) is 4.79 Å². The number of carbonyl (C=O) groups excluding carboxylic acids is 1. The van der Waals surface area contributed by atoms with Crippen molar-refractivity contribution in [3.8, 4) is 0 Å². The number of rotatable bonds is 4. The fraction of sp³-hybridized carbons (Fsp3) is 0.308. The van der Waals surface area contributed by atoms with Crippen LogP contribution >= 0.6 is 0 Å². The summed E-state index contributed by atoms with van der Waals surface area (Å²) in [7, 11) is 0. The molecule has 0 fully saturated rings. The van der Waals surface area contributed by atoms with Crippen molar-refractivity contribution in [1.82, 2.24) is 0 Å². The summed E-state index contributed by atoms with van der Waals surface area (Å²) in [5.74, 6) is 0.566. The molecule has 0 bridgehead atoms. The second-order valence-corrected chi connectivity index (χ2v) is 3.57. The van der Waals surface area contributed by atoms with Crippen molar-refractivity contribution in [2.24, 2.45) is 0 Å². The molecule has 0 saturated heterocycles. The summed E-state index contributed by atoms with van der Waals surface area (Å²) in [5.41, 5.74) is 2.47. The van der Waals surface area contributed by atoms with E-state index in [4.69, 9.17) is 0 Å². The van der Waals surface area contributed by atoms with E-state index in [0.717, 1.165) is 5.56 Å². The van der Waals surface area contributed by atoms with Crippen molar-refractivity contribution in [2.45, 2.75) is 26.2 Å². The maximum Gasteiger partial charge on any atom is 0.202 e. The van der Waals surface area contributed by atoms with Crippen LogP contribution in [0.4, 0.5) is 0 Å². The van der Waals surface area contributed by atoms with E-state index in [1.54, 1.807) is 0 Å². The van der Waals surface area contributed by atoms with Gasteiger partial charge in [-0.05, 0) is 17.0 Å². The predicted molar refractivity (Wildman–Crippen MR) is 59.9 cm³/mol. The van der Waals surface area contributed by atoms with Crippen LogP contribution in [0.25, 0.3) is 6.08 Å². The smallest absolute Gasteiger partial charge is 0.202 e. The van der Waals surface area contributed by atoms with Crippen molar-refractivity contribution in [3.63, 3.8) is 0 Å². The second-order valence-electron chi connectivity index (χ2n) is 3.57. The Bertz CT molecular complexity index is 307. The van der Waals surface area contributed by atoms with Gasteiger partial charge in [-0.1, -0.05) is 50.3 Å². The monoisotopic (exact) mass is 187 g/mol. The molecule has 1 aromatic carbocycles. The summed E-state index contributed by atoms with van der Waals surface area (Å²) in [6.07, 6.45) is 5.95. The molecule has 0 aliphatic heterocycles. The third-order valence-corrected chi connectivity index (χ3v) is 2.11. The largest absolute Gasteiger partial charge is 0.291 e. The minimum absolute atomic E-state index is 0.367. The maximum absolute atomic E-state index is 9.96. The van der Waals surface area contributed by atoms with Crippen LogP contribution < -0.4 is 0 Å². The Balaban J connectivity index is 2.68. The Morgan fingerprint density at radius 3 is 2.43 bits per heavy atom. The zero-order valence-corrected chi connectivity index (χ0v) is 8.66. The van der Waals surface area contributed by atoms with Crippen LogP contribution in [0.2, 0.25) is 0 Å². The third kappa shape index (κ3) is 3.17. The van der Waals surface area contributed by atoms with Crippen molar-refractivity contribution >= 4 is 12.4 Å². The van der Waals surface area contributed by atoms with E-state index in [2.05, 4.69) is 38.1 Å². The summed E-state index contributed by atoms with van der Waals surface area (Å²) in [6, 6.07) is 8.37. The van der Waals surface area contributed by atoms with Crippen LogP contribution in [0.3, 0.4) is 0 Å². The van der Waals surface area contributed by atoms with E-state index in [1.165, 1.54) is 5.56 Å². The van der Waals surface area contributed by atoms with E-state index >= 15 is 0 Å². The lowest BCUT2D eigenvalue weighted by atomic mass is 10.0. The van der Waals surface area contributed by atoms with Crippen LogP contribution in [0.15, 0.2) is 30.3 Å². The van der Waals surface area contributed by atoms with Gasteiger partial charge in [0, 0.05) is 6.42 Å². The fourth-order valence-electron chi connectivity index (χ4n) is 1.24. The molecule has 1 rings (SSSR count). The van der Waals surface area contributed by atoms with Gasteiger partial charge in [-0.15, -0.1) is 0 Å². The Morgan fingerprint density at radius 1 is 1.29 bits per heavy atom. The molecule has 1 radical (unpaired) electrons. The number of benzene rings is 1. The van der Waals surface area contributed by atoms with Crippen LogP contribution in [0.1, 0.15) is 37.3 Å². The third-order valence-electron chi connectivity index (χ3n) is 2.11. The van der Waals surface area contributed by atoms with Crippen molar-refractivity contribution < 1.29 is 4.79 Å². The van der Waals surface area contributed by atoms with Crippen LogP contribution in [0, 0.1) is 0 Å². The van der Waals surface area contributed by atoms with Crippen molar-refractivity contribution in [3.05, 3.63) is 41.5 Å². The molecule has 0 unspecified atom stereocenters. The highest BCUT2D eigenvalue weighted by Gasteiger charge is 1.96. The number of hydrogen-bond donors (Lipinski definition) is 0. The summed E-state index contributed by atoms with van der Waals surface area (Å²) in [5, 5.41) is 0. The zero-order chi connectivity index (χ0) is 10.4. The molecule has 73 valence electrons. The van der Waals surface area contributed by atoms with E-state index in [9.17, 15) is 4.79 Å². The molecule has 14 heavy (non-hydrogen) atoms. The van der Waals surface area contributed by atoms with Crippen molar-refractivity contribution in [2.75, 3.05) is 0 Å². The minimum atomic E-state index is 0.367. The van der Waals surface area contributed by atoms with Gasteiger partial charge in [-0.25, -0.2) is 0 Å². The molecule has 0 atom stereocenters. The molecule has 0 spiro atoms. The minimum Gasteiger partial charge on any atom is -0.291 e. The van der Waals surface area contributed by atoms with Gasteiger partial charge in [-0.2, -0.15) is 0 Å².